The largest absolute Gasteiger partial charge is 0.297 e. The Labute approximate surface area is 174 Å². The van der Waals surface area contributed by atoms with Gasteiger partial charge < -0.3 is 0 Å². The number of nitrogens with one attached hydrogen (secondary N) is 1. The van der Waals surface area contributed by atoms with Crippen LogP contribution in [0.2, 0.25) is 5.02 Å². The molecule has 1 heterocycles. The van der Waals surface area contributed by atoms with Gasteiger partial charge in [-0.3, -0.25) is 10.1 Å². The molecule has 4 nitrogen and oxygen atoms in total. The molecule has 0 spiro atoms. The van der Waals surface area contributed by atoms with Crippen LogP contribution in [-0.4, -0.2) is 10.9 Å². The van der Waals surface area contributed by atoms with E-state index in [-0.39, 0.29) is 5.57 Å². The van der Waals surface area contributed by atoms with Gasteiger partial charge in [0.1, 0.15) is 11.6 Å². The maximum absolute atomic E-state index is 12.4. The average Bonchev–Trinajstić information content (AvgIpc) is 3.10. The van der Waals surface area contributed by atoms with Crippen molar-refractivity contribution in [3.05, 3.63) is 85.8 Å². The zero-order valence-corrected chi connectivity index (χ0v) is 17.1. The zero-order chi connectivity index (χ0) is 19.2. The number of carbonyl (C=O) groups excluding carboxylic acids is 1. The molecule has 0 unspecified atom stereocenters. The summed E-state index contributed by atoms with van der Waals surface area (Å²) in [5.74, 6) is -0.489. The van der Waals surface area contributed by atoms with Crippen molar-refractivity contribution in [2.75, 3.05) is 5.32 Å². The molecule has 0 saturated heterocycles. The van der Waals surface area contributed by atoms with Crippen LogP contribution in [0.4, 0.5) is 5.13 Å². The van der Waals surface area contributed by atoms with E-state index in [0.29, 0.717) is 10.2 Å². The molecular weight excluding hydrogens is 446 g/mol. The molecule has 2 aromatic carbocycles. The van der Waals surface area contributed by atoms with Crippen LogP contribution in [-0.2, 0) is 11.2 Å². The molecule has 0 saturated carbocycles. The highest BCUT2D eigenvalue weighted by Crippen LogP contribution is 2.23. The topological polar surface area (TPSA) is 65.8 Å². The van der Waals surface area contributed by atoms with Crippen molar-refractivity contribution in [2.45, 2.75) is 6.42 Å². The highest BCUT2D eigenvalue weighted by molar-refractivity contribution is 9.10. The Bertz CT molecular complexity index is 1020. The third-order valence-electron chi connectivity index (χ3n) is 3.61. The number of hydrogen-bond acceptors (Lipinski definition) is 4. The van der Waals surface area contributed by atoms with Crippen LogP contribution in [0.1, 0.15) is 16.0 Å². The first-order chi connectivity index (χ1) is 13.0. The van der Waals surface area contributed by atoms with E-state index in [4.69, 9.17) is 11.6 Å². The van der Waals surface area contributed by atoms with Crippen molar-refractivity contribution < 1.29 is 4.79 Å². The quantitative estimate of drug-likeness (QED) is 0.394. The second kappa shape index (κ2) is 8.96. The zero-order valence-electron chi connectivity index (χ0n) is 13.9. The molecule has 3 rings (SSSR count). The van der Waals surface area contributed by atoms with E-state index in [1.807, 2.05) is 30.3 Å². The lowest BCUT2D eigenvalue weighted by atomic mass is 10.1. The first-order valence-corrected chi connectivity index (χ1v) is 9.90. The first-order valence-electron chi connectivity index (χ1n) is 7.91. The van der Waals surface area contributed by atoms with Gasteiger partial charge in [-0.25, -0.2) is 4.98 Å². The van der Waals surface area contributed by atoms with Gasteiger partial charge in [-0.05, 0) is 41.5 Å². The van der Waals surface area contributed by atoms with Crippen LogP contribution < -0.4 is 5.32 Å². The summed E-state index contributed by atoms with van der Waals surface area (Å²) >= 11 is 10.6. The summed E-state index contributed by atoms with van der Waals surface area (Å²) in [5, 5.41) is 13.0. The second-order valence-corrected chi connectivity index (χ2v) is 8.08. The lowest BCUT2D eigenvalue weighted by Crippen LogP contribution is -2.13. The van der Waals surface area contributed by atoms with Gasteiger partial charge in [-0.2, -0.15) is 5.26 Å². The fourth-order valence-electron chi connectivity index (χ4n) is 2.29. The Morgan fingerprint density at radius 3 is 2.59 bits per heavy atom. The predicted octanol–water partition coefficient (Wildman–Crippen LogP) is 5.70. The Hall–Kier alpha value is -2.46. The predicted molar refractivity (Wildman–Crippen MR) is 113 cm³/mol. The van der Waals surface area contributed by atoms with Crippen LogP contribution in [0.15, 0.2) is 64.8 Å². The summed E-state index contributed by atoms with van der Waals surface area (Å²) < 4.78 is 1.03. The monoisotopic (exact) mass is 457 g/mol. The van der Waals surface area contributed by atoms with Crippen LogP contribution in [0.3, 0.4) is 0 Å². The number of hydrogen-bond donors (Lipinski definition) is 1. The SMILES string of the molecule is N#C/C(=C/c1ccc(Cl)cc1)C(=O)Nc1ncc(Cc2ccc(Br)cc2)s1. The van der Waals surface area contributed by atoms with Gasteiger partial charge in [0.25, 0.3) is 5.91 Å². The number of halogens is 2. The fourth-order valence-corrected chi connectivity index (χ4v) is 3.52. The summed E-state index contributed by atoms with van der Waals surface area (Å²) in [6.07, 6.45) is 3.98. The van der Waals surface area contributed by atoms with Crippen molar-refractivity contribution in [3.63, 3.8) is 0 Å². The number of aromatic nitrogens is 1. The Morgan fingerprint density at radius 2 is 1.93 bits per heavy atom. The molecule has 0 atom stereocenters. The molecule has 0 radical (unpaired) electrons. The van der Waals surface area contributed by atoms with Gasteiger partial charge in [0.15, 0.2) is 5.13 Å². The number of carbonyl (C=O) groups is 1. The summed E-state index contributed by atoms with van der Waals surface area (Å²) in [6.45, 7) is 0. The van der Waals surface area contributed by atoms with E-state index in [1.165, 1.54) is 17.4 Å². The Balaban J connectivity index is 1.68. The van der Waals surface area contributed by atoms with Crippen molar-refractivity contribution in [1.29, 1.82) is 5.26 Å². The van der Waals surface area contributed by atoms with Crippen molar-refractivity contribution in [1.82, 2.24) is 4.98 Å². The van der Waals surface area contributed by atoms with Crippen LogP contribution in [0, 0.1) is 11.3 Å². The average molecular weight is 459 g/mol. The number of nitrogens with zero attached hydrogens (tertiary/aromatic N) is 2. The van der Waals surface area contributed by atoms with Crippen LogP contribution >= 0.6 is 38.9 Å². The van der Waals surface area contributed by atoms with Gasteiger partial charge >= 0.3 is 0 Å². The third kappa shape index (κ3) is 5.51. The summed E-state index contributed by atoms with van der Waals surface area (Å²) in [6, 6.07) is 16.9. The summed E-state index contributed by atoms with van der Waals surface area (Å²) in [5.41, 5.74) is 1.88. The van der Waals surface area contributed by atoms with E-state index < -0.39 is 5.91 Å². The normalized spacial score (nSPS) is 11.1. The van der Waals surface area contributed by atoms with Crippen LogP contribution in [0.5, 0.6) is 0 Å². The molecule has 3 aromatic rings. The molecule has 27 heavy (non-hydrogen) atoms. The maximum atomic E-state index is 12.4. The molecule has 1 N–H and O–H groups in total. The minimum absolute atomic E-state index is 0.00184. The van der Waals surface area contributed by atoms with Crippen molar-refractivity contribution in [2.24, 2.45) is 0 Å². The van der Waals surface area contributed by atoms with Gasteiger partial charge in [0, 0.05) is 27.0 Å². The highest BCUT2D eigenvalue weighted by atomic mass is 79.9. The maximum Gasteiger partial charge on any atom is 0.268 e. The third-order valence-corrected chi connectivity index (χ3v) is 5.31. The standard InChI is InChI=1S/C20H13BrClN3OS/c21-16-5-1-14(2-6-16)10-18-12-24-20(27-18)25-19(26)15(11-23)9-13-3-7-17(22)8-4-13/h1-9,12H,10H2,(H,24,25,26)/b15-9-. The lowest BCUT2D eigenvalue weighted by molar-refractivity contribution is -0.112. The molecular formula is C20H13BrClN3OS. The highest BCUT2D eigenvalue weighted by Gasteiger charge is 2.12. The molecule has 0 aliphatic rings. The number of benzene rings is 2. The van der Waals surface area contributed by atoms with E-state index in [1.54, 1.807) is 30.5 Å². The van der Waals surface area contributed by atoms with Crippen LogP contribution in [0.25, 0.3) is 6.08 Å². The number of rotatable bonds is 5. The molecule has 1 amide bonds. The van der Waals surface area contributed by atoms with E-state index in [9.17, 15) is 10.1 Å². The summed E-state index contributed by atoms with van der Waals surface area (Å²) in [7, 11) is 0. The number of thiazole rings is 1. The minimum Gasteiger partial charge on any atom is -0.297 e. The molecule has 0 fully saturated rings. The van der Waals surface area contributed by atoms with Gasteiger partial charge in [0.2, 0.25) is 0 Å². The molecule has 0 aliphatic carbocycles. The number of amides is 1. The summed E-state index contributed by atoms with van der Waals surface area (Å²) in [4.78, 5) is 17.6. The van der Waals surface area contributed by atoms with Gasteiger partial charge in [-0.1, -0.05) is 51.8 Å². The smallest absolute Gasteiger partial charge is 0.268 e. The number of anilines is 1. The number of nitriles is 1. The first kappa shape index (κ1) is 19.3. The van der Waals surface area contributed by atoms with Gasteiger partial charge in [0.05, 0.1) is 0 Å². The van der Waals surface area contributed by atoms with Gasteiger partial charge in [-0.15, -0.1) is 11.3 Å². The van der Waals surface area contributed by atoms with E-state index >= 15 is 0 Å². The molecule has 0 aliphatic heterocycles. The lowest BCUT2D eigenvalue weighted by Gasteiger charge is -2.01. The minimum atomic E-state index is -0.489. The molecule has 134 valence electrons. The van der Waals surface area contributed by atoms with Crippen molar-refractivity contribution in [3.8, 4) is 6.07 Å². The van der Waals surface area contributed by atoms with Crippen molar-refractivity contribution >= 4 is 56.0 Å². The molecule has 1 aromatic heterocycles. The fraction of sp³-hybridized carbons (Fsp3) is 0.0500. The Kier molecular flexibility index (Phi) is 6.40. The second-order valence-electron chi connectivity index (χ2n) is 5.61. The van der Waals surface area contributed by atoms with E-state index in [2.05, 4.69) is 26.2 Å². The molecule has 7 heteroatoms. The van der Waals surface area contributed by atoms with E-state index in [0.717, 1.165) is 26.9 Å². The molecule has 0 bridgehead atoms. The Morgan fingerprint density at radius 1 is 1.22 bits per heavy atom.